The Morgan fingerprint density at radius 1 is 1.62 bits per heavy atom. The second kappa shape index (κ2) is 4.05. The van der Waals surface area contributed by atoms with E-state index >= 15 is 0 Å². The molecule has 1 unspecified atom stereocenters. The van der Waals surface area contributed by atoms with E-state index in [1.54, 1.807) is 0 Å². The molecular weight excluding hydrogens is 162 g/mol. The van der Waals surface area contributed by atoms with Crippen LogP contribution in [0.1, 0.15) is 32.6 Å². The molecule has 0 aromatic rings. The lowest BCUT2D eigenvalue weighted by Crippen LogP contribution is -2.54. The summed E-state index contributed by atoms with van der Waals surface area (Å²) in [5, 5.41) is 0. The van der Waals surface area contributed by atoms with Crippen molar-refractivity contribution in [3.05, 3.63) is 12.7 Å². The van der Waals surface area contributed by atoms with E-state index in [0.29, 0.717) is 0 Å². The first-order valence-corrected chi connectivity index (χ1v) is 5.05. The maximum absolute atomic E-state index is 11.8. The van der Waals surface area contributed by atoms with Crippen molar-refractivity contribution in [1.82, 2.24) is 4.90 Å². The van der Waals surface area contributed by atoms with E-state index in [-0.39, 0.29) is 11.3 Å². The third kappa shape index (κ3) is 1.68. The van der Waals surface area contributed by atoms with E-state index in [9.17, 15) is 4.79 Å². The first kappa shape index (κ1) is 10.5. The highest BCUT2D eigenvalue weighted by molar-refractivity contribution is 5.97. The number of nitrogens with zero attached hydrogens (tertiary/aromatic N) is 1. The van der Waals surface area contributed by atoms with Crippen LogP contribution in [0, 0.1) is 0 Å². The summed E-state index contributed by atoms with van der Waals surface area (Å²) in [5.41, 5.74) is -0.236. The third-order valence-corrected chi connectivity index (χ3v) is 3.29. The zero-order chi connectivity index (χ0) is 9.90. The Labute approximate surface area is 80.6 Å². The molecule has 0 radical (unpaired) electrons. The zero-order valence-electron chi connectivity index (χ0n) is 8.68. The third-order valence-electron chi connectivity index (χ3n) is 3.29. The summed E-state index contributed by atoms with van der Waals surface area (Å²) in [4.78, 5) is 14.0. The molecule has 2 heteroatoms. The Hall–Kier alpha value is -0.630. The average molecular weight is 181 g/mol. The van der Waals surface area contributed by atoms with Gasteiger partial charge in [0.1, 0.15) is 0 Å². The topological polar surface area (TPSA) is 20.3 Å². The highest BCUT2D eigenvalue weighted by Crippen LogP contribution is 2.30. The monoisotopic (exact) mass is 181 g/mol. The largest absolute Gasteiger partial charge is 0.294 e. The normalized spacial score (nSPS) is 30.0. The van der Waals surface area contributed by atoms with Gasteiger partial charge in [-0.25, -0.2) is 0 Å². The first-order chi connectivity index (χ1) is 6.17. The quantitative estimate of drug-likeness (QED) is 0.621. The summed E-state index contributed by atoms with van der Waals surface area (Å²) in [6.07, 6.45) is 5.74. The summed E-state index contributed by atoms with van der Waals surface area (Å²) in [6, 6.07) is 0. The van der Waals surface area contributed by atoms with Gasteiger partial charge in [0.15, 0.2) is 5.78 Å². The maximum Gasteiger partial charge on any atom is 0.175 e. The van der Waals surface area contributed by atoms with Crippen molar-refractivity contribution >= 4 is 5.78 Å². The smallest absolute Gasteiger partial charge is 0.175 e. The molecule has 1 aliphatic rings. The molecule has 0 amide bonds. The van der Waals surface area contributed by atoms with Gasteiger partial charge in [-0.2, -0.15) is 0 Å². The van der Waals surface area contributed by atoms with Gasteiger partial charge in [0, 0.05) is 0 Å². The molecule has 2 nitrogen and oxygen atoms in total. The van der Waals surface area contributed by atoms with Crippen LogP contribution in [0.15, 0.2) is 12.7 Å². The lowest BCUT2D eigenvalue weighted by molar-refractivity contribution is -0.127. The Morgan fingerprint density at radius 2 is 2.31 bits per heavy atom. The van der Waals surface area contributed by atoms with Gasteiger partial charge in [-0.3, -0.25) is 9.69 Å². The van der Waals surface area contributed by atoms with E-state index in [1.165, 1.54) is 12.5 Å². The minimum atomic E-state index is -0.236. The number of carbonyl (C=O) groups excluding carboxylic acids is 1. The van der Waals surface area contributed by atoms with Crippen LogP contribution in [0.3, 0.4) is 0 Å². The fraction of sp³-hybridized carbons (Fsp3) is 0.727. The van der Waals surface area contributed by atoms with Crippen molar-refractivity contribution in [3.63, 3.8) is 0 Å². The fourth-order valence-electron chi connectivity index (χ4n) is 2.29. The number of hydrogen-bond donors (Lipinski definition) is 0. The predicted octanol–water partition coefficient (Wildman–Crippen LogP) is 2.01. The number of likely N-dealkylation sites (tertiary alicyclic amines) is 1. The fourth-order valence-corrected chi connectivity index (χ4v) is 2.29. The average Bonchev–Trinajstić information content (AvgIpc) is 2.18. The first-order valence-electron chi connectivity index (χ1n) is 5.05. The van der Waals surface area contributed by atoms with Crippen LogP contribution in [0.4, 0.5) is 0 Å². The van der Waals surface area contributed by atoms with Crippen LogP contribution in [0.5, 0.6) is 0 Å². The molecule has 13 heavy (non-hydrogen) atoms. The zero-order valence-corrected chi connectivity index (χ0v) is 8.68. The van der Waals surface area contributed by atoms with Crippen molar-refractivity contribution in [2.24, 2.45) is 0 Å². The molecule has 0 aliphatic carbocycles. The number of piperidine rings is 1. The van der Waals surface area contributed by atoms with Crippen LogP contribution in [0.25, 0.3) is 0 Å². The highest BCUT2D eigenvalue weighted by Gasteiger charge is 2.39. The number of hydrogen-bond acceptors (Lipinski definition) is 2. The molecule has 1 heterocycles. The Morgan fingerprint density at radius 3 is 2.77 bits per heavy atom. The molecule has 1 aliphatic heterocycles. The summed E-state index contributed by atoms with van der Waals surface area (Å²) in [6.45, 7) is 6.71. The molecule has 0 bridgehead atoms. The second-order valence-electron chi connectivity index (χ2n) is 3.83. The molecule has 1 fully saturated rings. The van der Waals surface area contributed by atoms with Crippen LogP contribution < -0.4 is 0 Å². The number of ketones is 1. The molecule has 0 spiro atoms. The van der Waals surface area contributed by atoms with Gasteiger partial charge in [-0.05, 0) is 45.4 Å². The van der Waals surface area contributed by atoms with Crippen molar-refractivity contribution in [2.75, 3.05) is 13.6 Å². The SMILES string of the molecule is C=CC(=O)C1(CC)CCCCN1C. The van der Waals surface area contributed by atoms with E-state index in [2.05, 4.69) is 18.4 Å². The van der Waals surface area contributed by atoms with Crippen LogP contribution >= 0.6 is 0 Å². The number of likely N-dealkylation sites (N-methyl/N-ethyl adjacent to an activating group) is 1. The number of rotatable bonds is 3. The van der Waals surface area contributed by atoms with Crippen LogP contribution in [-0.2, 0) is 4.79 Å². The summed E-state index contributed by atoms with van der Waals surface area (Å²) in [7, 11) is 2.05. The van der Waals surface area contributed by atoms with Gasteiger partial charge >= 0.3 is 0 Å². The van der Waals surface area contributed by atoms with Crippen molar-refractivity contribution < 1.29 is 4.79 Å². The van der Waals surface area contributed by atoms with Gasteiger partial charge in [-0.15, -0.1) is 0 Å². The lowest BCUT2D eigenvalue weighted by atomic mass is 9.81. The van der Waals surface area contributed by atoms with Gasteiger partial charge in [0.2, 0.25) is 0 Å². The van der Waals surface area contributed by atoms with Crippen LogP contribution in [0.2, 0.25) is 0 Å². The molecule has 0 saturated carbocycles. The molecule has 0 aromatic heterocycles. The van der Waals surface area contributed by atoms with Crippen molar-refractivity contribution in [2.45, 2.75) is 38.1 Å². The predicted molar refractivity (Wildman–Crippen MR) is 54.7 cm³/mol. The molecular formula is C11H19NO. The van der Waals surface area contributed by atoms with E-state index in [0.717, 1.165) is 25.8 Å². The number of carbonyl (C=O) groups is 1. The minimum Gasteiger partial charge on any atom is -0.294 e. The van der Waals surface area contributed by atoms with Gasteiger partial charge in [0.05, 0.1) is 5.54 Å². The highest BCUT2D eigenvalue weighted by atomic mass is 16.1. The van der Waals surface area contributed by atoms with E-state index < -0.39 is 0 Å². The minimum absolute atomic E-state index is 0.192. The van der Waals surface area contributed by atoms with Crippen molar-refractivity contribution in [3.8, 4) is 0 Å². The van der Waals surface area contributed by atoms with Gasteiger partial charge < -0.3 is 0 Å². The Bertz CT molecular complexity index is 212. The Balaban J connectivity index is 2.88. The molecule has 0 aromatic carbocycles. The van der Waals surface area contributed by atoms with E-state index in [4.69, 9.17) is 0 Å². The summed E-state index contributed by atoms with van der Waals surface area (Å²) >= 11 is 0. The molecule has 74 valence electrons. The van der Waals surface area contributed by atoms with E-state index in [1.807, 2.05) is 7.05 Å². The summed E-state index contributed by atoms with van der Waals surface area (Å²) < 4.78 is 0. The lowest BCUT2D eigenvalue weighted by Gasteiger charge is -2.43. The summed E-state index contributed by atoms with van der Waals surface area (Å²) in [5.74, 6) is 0.192. The molecule has 1 atom stereocenters. The van der Waals surface area contributed by atoms with Crippen molar-refractivity contribution in [1.29, 1.82) is 0 Å². The molecule has 0 N–H and O–H groups in total. The second-order valence-corrected chi connectivity index (χ2v) is 3.83. The Kier molecular flexibility index (Phi) is 3.26. The van der Waals surface area contributed by atoms with Gasteiger partial charge in [0.25, 0.3) is 0 Å². The molecule has 1 saturated heterocycles. The standard InChI is InChI=1S/C11H19NO/c1-4-10(13)11(5-2)8-6-7-9-12(11)3/h4H,1,5-9H2,2-3H3. The molecule has 1 rings (SSSR count). The van der Waals surface area contributed by atoms with Crippen LogP contribution in [-0.4, -0.2) is 29.8 Å². The van der Waals surface area contributed by atoms with Gasteiger partial charge in [-0.1, -0.05) is 13.5 Å². The maximum atomic E-state index is 11.8.